The third-order valence-electron chi connectivity index (χ3n) is 4.70. The molecule has 2 aromatic carbocycles. The topological polar surface area (TPSA) is 77.0 Å². The Balaban J connectivity index is 1.44. The number of pyridine rings is 1. The summed E-state index contributed by atoms with van der Waals surface area (Å²) in [6, 6.07) is 20.0. The van der Waals surface area contributed by atoms with Crippen LogP contribution in [0.3, 0.4) is 0 Å². The first-order valence-electron chi connectivity index (χ1n) is 10.2. The van der Waals surface area contributed by atoms with Gasteiger partial charge >= 0.3 is 0 Å². The number of amides is 1. The maximum Gasteiger partial charge on any atom is 0.228 e. The number of anilines is 1. The van der Waals surface area contributed by atoms with Crippen molar-refractivity contribution >= 4 is 23.2 Å². The lowest BCUT2D eigenvalue weighted by atomic mass is 10.1. The number of hydrogen-bond acceptors (Lipinski definition) is 5. The smallest absolute Gasteiger partial charge is 0.228 e. The minimum Gasteiger partial charge on any atom is -0.438 e. The molecule has 2 heterocycles. The summed E-state index contributed by atoms with van der Waals surface area (Å²) in [6.07, 6.45) is 4.41. The van der Waals surface area contributed by atoms with Crippen molar-refractivity contribution < 1.29 is 9.53 Å². The number of hydrogen-bond donors (Lipinski definition) is 1. The molecule has 2 aromatic heterocycles. The molecule has 0 radical (unpaired) electrons. The number of halogens is 1. The third-order valence-corrected chi connectivity index (χ3v) is 4.95. The molecule has 6 nitrogen and oxygen atoms in total. The molecule has 4 rings (SSSR count). The van der Waals surface area contributed by atoms with E-state index >= 15 is 0 Å². The van der Waals surface area contributed by atoms with E-state index in [0.29, 0.717) is 22.3 Å². The summed E-state index contributed by atoms with van der Waals surface area (Å²) in [5.41, 5.74) is 3.12. The molecule has 0 bridgehead atoms. The lowest BCUT2D eigenvalue weighted by Gasteiger charge is -2.11. The quantitative estimate of drug-likeness (QED) is 0.394. The number of aryl methyl sites for hydroxylation is 1. The Hall–Kier alpha value is -3.77. The Labute approximate surface area is 191 Å². The summed E-state index contributed by atoms with van der Waals surface area (Å²) in [5, 5.41) is 3.48. The van der Waals surface area contributed by atoms with Crippen molar-refractivity contribution in [1.29, 1.82) is 0 Å². The Morgan fingerprint density at radius 2 is 1.75 bits per heavy atom. The van der Waals surface area contributed by atoms with Crippen LogP contribution >= 0.6 is 11.6 Å². The van der Waals surface area contributed by atoms with Gasteiger partial charge in [0.05, 0.1) is 17.7 Å². The highest BCUT2D eigenvalue weighted by atomic mass is 35.5. The molecule has 32 heavy (non-hydrogen) atoms. The van der Waals surface area contributed by atoms with Gasteiger partial charge in [-0.3, -0.25) is 4.79 Å². The first-order chi connectivity index (χ1) is 15.6. The van der Waals surface area contributed by atoms with Gasteiger partial charge < -0.3 is 10.1 Å². The molecule has 7 heteroatoms. The van der Waals surface area contributed by atoms with Gasteiger partial charge in [0.25, 0.3) is 0 Å². The number of rotatable bonds is 7. The fourth-order valence-electron chi connectivity index (χ4n) is 3.10. The fraction of sp³-hybridized carbons (Fsp3) is 0.120. The zero-order valence-electron chi connectivity index (χ0n) is 17.5. The van der Waals surface area contributed by atoms with E-state index in [1.807, 2.05) is 49.4 Å². The summed E-state index contributed by atoms with van der Waals surface area (Å²) in [4.78, 5) is 25.5. The van der Waals surface area contributed by atoms with Crippen molar-refractivity contribution in [3.63, 3.8) is 0 Å². The van der Waals surface area contributed by atoms with Gasteiger partial charge in [-0.25, -0.2) is 15.0 Å². The van der Waals surface area contributed by atoms with Gasteiger partial charge in [-0.2, -0.15) is 0 Å². The molecule has 0 aliphatic heterocycles. The summed E-state index contributed by atoms with van der Waals surface area (Å²) < 4.78 is 6.02. The van der Waals surface area contributed by atoms with Crippen molar-refractivity contribution in [2.24, 2.45) is 0 Å². The first-order valence-corrected chi connectivity index (χ1v) is 10.6. The van der Waals surface area contributed by atoms with Crippen LogP contribution in [0.15, 0.2) is 79.1 Å². The molecule has 4 aromatic rings. The number of benzene rings is 2. The van der Waals surface area contributed by atoms with Crippen LogP contribution in [0.25, 0.3) is 11.3 Å². The molecule has 0 saturated carbocycles. The minimum atomic E-state index is -0.108. The lowest BCUT2D eigenvalue weighted by Crippen LogP contribution is -2.14. The summed E-state index contributed by atoms with van der Waals surface area (Å²) >= 11 is 5.87. The van der Waals surface area contributed by atoms with Crippen molar-refractivity contribution in [2.75, 3.05) is 5.32 Å². The van der Waals surface area contributed by atoms with Gasteiger partial charge in [0.2, 0.25) is 11.8 Å². The molecule has 0 unspecified atom stereocenters. The number of nitrogens with one attached hydrogen (secondary N) is 1. The average Bonchev–Trinajstić information content (AvgIpc) is 2.82. The lowest BCUT2D eigenvalue weighted by molar-refractivity contribution is -0.115. The molecule has 0 aliphatic carbocycles. The average molecular weight is 445 g/mol. The van der Waals surface area contributed by atoms with Gasteiger partial charge in [0.15, 0.2) is 0 Å². The molecule has 0 saturated heterocycles. The van der Waals surface area contributed by atoms with E-state index < -0.39 is 0 Å². The second kappa shape index (κ2) is 10.0. The van der Waals surface area contributed by atoms with Crippen molar-refractivity contribution in [1.82, 2.24) is 15.0 Å². The predicted molar refractivity (Wildman–Crippen MR) is 125 cm³/mol. The van der Waals surface area contributed by atoms with E-state index in [2.05, 4.69) is 20.3 Å². The van der Waals surface area contributed by atoms with E-state index in [4.69, 9.17) is 16.3 Å². The third kappa shape index (κ3) is 5.47. The van der Waals surface area contributed by atoms with Crippen molar-refractivity contribution in [3.8, 4) is 22.9 Å². The van der Waals surface area contributed by atoms with E-state index in [1.54, 1.807) is 36.7 Å². The van der Waals surface area contributed by atoms with Crippen LogP contribution in [0, 0.1) is 0 Å². The van der Waals surface area contributed by atoms with Gasteiger partial charge in [-0.1, -0.05) is 30.7 Å². The van der Waals surface area contributed by atoms with E-state index in [0.717, 1.165) is 29.1 Å². The molecule has 1 amide bonds. The van der Waals surface area contributed by atoms with Crippen LogP contribution in [0.5, 0.6) is 11.6 Å². The largest absolute Gasteiger partial charge is 0.438 e. The Kier molecular flexibility index (Phi) is 6.72. The van der Waals surface area contributed by atoms with E-state index in [-0.39, 0.29) is 12.3 Å². The zero-order chi connectivity index (χ0) is 22.3. The van der Waals surface area contributed by atoms with E-state index in [1.165, 1.54) is 0 Å². The highest BCUT2D eigenvalue weighted by Crippen LogP contribution is 2.30. The van der Waals surface area contributed by atoms with Crippen LogP contribution < -0.4 is 10.1 Å². The molecule has 0 fully saturated rings. The van der Waals surface area contributed by atoms with Crippen LogP contribution in [0.2, 0.25) is 5.02 Å². The molecule has 0 aliphatic rings. The molecule has 1 N–H and O–H groups in total. The highest BCUT2D eigenvalue weighted by Gasteiger charge is 2.11. The Morgan fingerprint density at radius 3 is 2.50 bits per heavy atom. The number of nitrogens with zero attached hydrogens (tertiary/aromatic N) is 3. The van der Waals surface area contributed by atoms with E-state index in [9.17, 15) is 4.79 Å². The number of carbonyl (C=O) groups excluding carboxylic acids is 1. The predicted octanol–water partition coefficient (Wildman–Crippen LogP) is 5.73. The van der Waals surface area contributed by atoms with Gasteiger partial charge in [0, 0.05) is 29.5 Å². The van der Waals surface area contributed by atoms with Gasteiger partial charge in [-0.15, -0.1) is 0 Å². The second-order valence-electron chi connectivity index (χ2n) is 7.05. The van der Waals surface area contributed by atoms with Crippen molar-refractivity contribution in [3.05, 3.63) is 95.5 Å². The second-order valence-corrected chi connectivity index (χ2v) is 7.48. The molecule has 0 spiro atoms. The maximum atomic E-state index is 12.3. The SMILES string of the molecule is CCc1nccc(-c2cccnc2Oc2ccc(CC(=O)Nc3ccc(Cl)cc3)cc2)n1. The summed E-state index contributed by atoms with van der Waals surface area (Å²) in [7, 11) is 0. The summed E-state index contributed by atoms with van der Waals surface area (Å²) in [5.74, 6) is 1.74. The molecular formula is C25H21ClN4O2. The maximum absolute atomic E-state index is 12.3. The standard InChI is InChI=1S/C25H21ClN4O2/c1-2-23-27-15-13-22(30-23)21-4-3-14-28-25(21)32-20-11-5-17(6-12-20)16-24(31)29-19-9-7-18(26)8-10-19/h3-15H,2,16H2,1H3,(H,29,31). The highest BCUT2D eigenvalue weighted by molar-refractivity contribution is 6.30. The van der Waals surface area contributed by atoms with Gasteiger partial charge in [-0.05, 0) is 60.2 Å². The number of ether oxygens (including phenoxy) is 1. The monoisotopic (exact) mass is 444 g/mol. The fourth-order valence-corrected chi connectivity index (χ4v) is 3.22. The molecule has 0 atom stereocenters. The van der Waals surface area contributed by atoms with Crippen molar-refractivity contribution in [2.45, 2.75) is 19.8 Å². The Bertz CT molecular complexity index is 1210. The van der Waals surface area contributed by atoms with Crippen LogP contribution in [-0.4, -0.2) is 20.9 Å². The minimum absolute atomic E-state index is 0.108. The Morgan fingerprint density at radius 1 is 0.969 bits per heavy atom. The normalized spacial score (nSPS) is 10.6. The van der Waals surface area contributed by atoms with Crippen LogP contribution in [0.4, 0.5) is 5.69 Å². The molecular weight excluding hydrogens is 424 g/mol. The zero-order valence-corrected chi connectivity index (χ0v) is 18.2. The number of carbonyl (C=O) groups is 1. The number of aromatic nitrogens is 3. The first kappa shape index (κ1) is 21.5. The van der Waals surface area contributed by atoms with Crippen LogP contribution in [0.1, 0.15) is 18.3 Å². The van der Waals surface area contributed by atoms with Gasteiger partial charge in [0.1, 0.15) is 11.6 Å². The van der Waals surface area contributed by atoms with Crippen LogP contribution in [-0.2, 0) is 17.6 Å². The summed E-state index contributed by atoms with van der Waals surface area (Å²) in [6.45, 7) is 2.01. The molecule has 160 valence electrons.